The molecule has 0 fully saturated rings. The molecule has 0 saturated carbocycles. The Morgan fingerprint density at radius 1 is 1.45 bits per heavy atom. The fraction of sp³-hybridized carbons (Fsp3) is 0.462. The molecule has 20 heavy (non-hydrogen) atoms. The molecule has 3 nitrogen and oxygen atoms in total. The average molecular weight is 354 g/mol. The first-order valence-corrected chi connectivity index (χ1v) is 6.88. The van der Waals surface area contributed by atoms with Gasteiger partial charge in [-0.1, -0.05) is 22.9 Å². The monoisotopic (exact) mass is 353 g/mol. The Hall–Kier alpha value is -1.08. The maximum Gasteiger partial charge on any atom is 0.417 e. The molecule has 7 heteroatoms. The standard InChI is InChI=1S/C13H15BrF3NO2/c1-2-9(19)5-6-18-12(20)10-4-3-8(14)7-11(10)13(15,16)17/h3-4,7,9,19H,2,5-6H2,1H3,(H,18,20). The Kier molecular flexibility index (Phi) is 6.01. The van der Waals surface area contributed by atoms with E-state index < -0.39 is 29.3 Å². The van der Waals surface area contributed by atoms with Gasteiger partial charge in [-0.25, -0.2) is 0 Å². The van der Waals surface area contributed by atoms with Crippen molar-refractivity contribution in [3.8, 4) is 0 Å². The maximum absolute atomic E-state index is 12.9. The minimum atomic E-state index is -4.60. The maximum atomic E-state index is 12.9. The zero-order valence-electron chi connectivity index (χ0n) is 10.8. The summed E-state index contributed by atoms with van der Waals surface area (Å²) in [4.78, 5) is 11.8. The summed E-state index contributed by atoms with van der Waals surface area (Å²) in [5, 5.41) is 11.7. The second kappa shape index (κ2) is 7.08. The summed E-state index contributed by atoms with van der Waals surface area (Å²) in [6, 6.07) is 3.37. The van der Waals surface area contributed by atoms with Gasteiger partial charge < -0.3 is 10.4 Å². The van der Waals surface area contributed by atoms with E-state index in [0.29, 0.717) is 12.8 Å². The largest absolute Gasteiger partial charge is 0.417 e. The predicted molar refractivity (Wildman–Crippen MR) is 72.4 cm³/mol. The second-order valence-electron chi connectivity index (χ2n) is 4.29. The molecule has 1 rings (SSSR count). The van der Waals surface area contributed by atoms with Crippen molar-refractivity contribution in [1.29, 1.82) is 0 Å². The molecule has 0 aromatic heterocycles. The summed E-state index contributed by atoms with van der Waals surface area (Å²) in [5.41, 5.74) is -1.41. The Labute approximate surface area is 123 Å². The first-order valence-electron chi connectivity index (χ1n) is 6.08. The smallest absolute Gasteiger partial charge is 0.393 e. The Morgan fingerprint density at radius 3 is 2.65 bits per heavy atom. The fourth-order valence-corrected chi connectivity index (χ4v) is 1.96. The number of benzene rings is 1. The van der Waals surface area contributed by atoms with Gasteiger partial charge in [-0.05, 0) is 31.0 Å². The number of rotatable bonds is 5. The van der Waals surface area contributed by atoms with E-state index in [9.17, 15) is 23.1 Å². The molecular weight excluding hydrogens is 339 g/mol. The number of carbonyl (C=O) groups excluding carboxylic acids is 1. The Morgan fingerprint density at radius 2 is 2.10 bits per heavy atom. The van der Waals surface area contributed by atoms with Gasteiger partial charge in [-0.2, -0.15) is 13.2 Å². The van der Waals surface area contributed by atoms with Crippen LogP contribution in [0.2, 0.25) is 0 Å². The summed E-state index contributed by atoms with van der Waals surface area (Å²) in [6.45, 7) is 1.91. The van der Waals surface area contributed by atoms with Crippen molar-refractivity contribution in [3.05, 3.63) is 33.8 Å². The molecule has 0 heterocycles. The normalized spacial score (nSPS) is 13.1. The molecule has 1 atom stereocenters. The van der Waals surface area contributed by atoms with Crippen molar-refractivity contribution in [2.24, 2.45) is 0 Å². The topological polar surface area (TPSA) is 49.3 Å². The number of aliphatic hydroxyl groups excluding tert-OH is 1. The quantitative estimate of drug-likeness (QED) is 0.852. The van der Waals surface area contributed by atoms with Crippen LogP contribution in [0.25, 0.3) is 0 Å². The third-order valence-electron chi connectivity index (χ3n) is 2.77. The molecule has 0 bridgehead atoms. The van der Waals surface area contributed by atoms with Crippen LogP contribution in [0.15, 0.2) is 22.7 Å². The van der Waals surface area contributed by atoms with Gasteiger partial charge in [0, 0.05) is 11.0 Å². The van der Waals surface area contributed by atoms with Crippen LogP contribution >= 0.6 is 15.9 Å². The number of amides is 1. The van der Waals surface area contributed by atoms with Crippen LogP contribution < -0.4 is 5.32 Å². The highest BCUT2D eigenvalue weighted by Crippen LogP contribution is 2.33. The average Bonchev–Trinajstić information content (AvgIpc) is 2.37. The SMILES string of the molecule is CCC(O)CCNC(=O)c1ccc(Br)cc1C(F)(F)F. The molecule has 1 amide bonds. The highest BCUT2D eigenvalue weighted by molar-refractivity contribution is 9.10. The third-order valence-corrected chi connectivity index (χ3v) is 3.26. The van der Waals surface area contributed by atoms with E-state index in [4.69, 9.17) is 0 Å². The Bertz CT molecular complexity index is 477. The summed E-state index contributed by atoms with van der Waals surface area (Å²) >= 11 is 2.95. The van der Waals surface area contributed by atoms with Gasteiger partial charge in [0.1, 0.15) is 0 Å². The highest BCUT2D eigenvalue weighted by Gasteiger charge is 2.35. The van der Waals surface area contributed by atoms with Gasteiger partial charge in [-0.15, -0.1) is 0 Å². The zero-order valence-corrected chi connectivity index (χ0v) is 12.4. The highest BCUT2D eigenvalue weighted by atomic mass is 79.9. The van der Waals surface area contributed by atoms with E-state index in [-0.39, 0.29) is 11.0 Å². The molecule has 112 valence electrons. The van der Waals surface area contributed by atoms with Crippen LogP contribution in [0.4, 0.5) is 13.2 Å². The molecule has 1 aromatic rings. The van der Waals surface area contributed by atoms with E-state index in [0.717, 1.165) is 12.1 Å². The minimum Gasteiger partial charge on any atom is -0.393 e. The van der Waals surface area contributed by atoms with Crippen molar-refractivity contribution in [2.45, 2.75) is 32.0 Å². The van der Waals surface area contributed by atoms with E-state index in [1.807, 2.05) is 0 Å². The number of hydrogen-bond donors (Lipinski definition) is 2. The van der Waals surface area contributed by atoms with E-state index in [1.165, 1.54) is 6.07 Å². The van der Waals surface area contributed by atoms with Crippen molar-refractivity contribution in [1.82, 2.24) is 5.32 Å². The molecule has 1 unspecified atom stereocenters. The number of halogens is 4. The number of nitrogens with one attached hydrogen (secondary N) is 1. The summed E-state index contributed by atoms with van der Waals surface area (Å²) < 4.78 is 38.8. The lowest BCUT2D eigenvalue weighted by Gasteiger charge is -2.14. The van der Waals surface area contributed by atoms with Crippen molar-refractivity contribution in [2.75, 3.05) is 6.54 Å². The van der Waals surface area contributed by atoms with Crippen molar-refractivity contribution in [3.63, 3.8) is 0 Å². The second-order valence-corrected chi connectivity index (χ2v) is 5.21. The number of carbonyl (C=O) groups is 1. The van der Waals surface area contributed by atoms with Crippen LogP contribution in [0.5, 0.6) is 0 Å². The van der Waals surface area contributed by atoms with Crippen molar-refractivity contribution < 1.29 is 23.1 Å². The number of alkyl halides is 3. The van der Waals surface area contributed by atoms with Gasteiger partial charge in [0.15, 0.2) is 0 Å². The fourth-order valence-electron chi connectivity index (χ4n) is 1.60. The van der Waals surface area contributed by atoms with E-state index in [2.05, 4.69) is 21.2 Å². The molecule has 2 N–H and O–H groups in total. The van der Waals surface area contributed by atoms with Crippen LogP contribution in [-0.4, -0.2) is 23.7 Å². The molecular formula is C13H15BrF3NO2. The van der Waals surface area contributed by atoms with Crippen LogP contribution in [0, 0.1) is 0 Å². The summed E-state index contributed by atoms with van der Waals surface area (Å²) in [7, 11) is 0. The molecule has 0 radical (unpaired) electrons. The third kappa shape index (κ3) is 4.79. The van der Waals surface area contributed by atoms with E-state index in [1.54, 1.807) is 6.92 Å². The number of aliphatic hydroxyl groups is 1. The zero-order chi connectivity index (χ0) is 15.3. The molecule has 0 spiro atoms. The lowest BCUT2D eigenvalue weighted by molar-refractivity contribution is -0.138. The van der Waals surface area contributed by atoms with E-state index >= 15 is 0 Å². The van der Waals surface area contributed by atoms with Crippen LogP contribution in [-0.2, 0) is 6.18 Å². The lowest BCUT2D eigenvalue weighted by Crippen LogP contribution is -2.29. The molecule has 0 aliphatic carbocycles. The van der Waals surface area contributed by atoms with Crippen LogP contribution in [0.1, 0.15) is 35.7 Å². The lowest BCUT2D eigenvalue weighted by atomic mass is 10.1. The van der Waals surface area contributed by atoms with Gasteiger partial charge in [0.05, 0.1) is 17.2 Å². The van der Waals surface area contributed by atoms with Crippen molar-refractivity contribution >= 4 is 21.8 Å². The Balaban J connectivity index is 2.83. The molecule has 0 saturated heterocycles. The molecule has 0 aliphatic rings. The van der Waals surface area contributed by atoms with Gasteiger partial charge in [0.25, 0.3) is 5.91 Å². The minimum absolute atomic E-state index is 0.126. The predicted octanol–water partition coefficient (Wildman–Crippen LogP) is 3.36. The van der Waals surface area contributed by atoms with Gasteiger partial charge in [0.2, 0.25) is 0 Å². The summed E-state index contributed by atoms with van der Waals surface area (Å²) in [5.74, 6) is -0.798. The number of hydrogen-bond acceptors (Lipinski definition) is 2. The van der Waals surface area contributed by atoms with Crippen LogP contribution in [0.3, 0.4) is 0 Å². The molecule has 0 aliphatic heterocycles. The molecule has 1 aromatic carbocycles. The van der Waals surface area contributed by atoms with Gasteiger partial charge in [-0.3, -0.25) is 4.79 Å². The first kappa shape index (κ1) is 17.0. The van der Waals surface area contributed by atoms with Gasteiger partial charge >= 0.3 is 6.18 Å². The summed E-state index contributed by atoms with van der Waals surface area (Å²) in [6.07, 6.45) is -4.33. The first-order chi connectivity index (χ1) is 9.25.